The molecule has 6 atom stereocenters. The van der Waals surface area contributed by atoms with E-state index in [9.17, 15) is 5.11 Å². The number of benzene rings is 1. The first-order valence-corrected chi connectivity index (χ1v) is 9.06. The largest absolute Gasteiger partial charge is 0.378 e. The predicted octanol–water partition coefficient (Wildman–Crippen LogP) is 2.86. The molecule has 3 aliphatic rings. The Balaban J connectivity index is 1.39. The van der Waals surface area contributed by atoms with Crippen molar-refractivity contribution in [2.75, 3.05) is 13.2 Å². The van der Waals surface area contributed by atoms with Crippen molar-refractivity contribution in [2.45, 2.75) is 52.3 Å². The minimum Gasteiger partial charge on any atom is -0.378 e. The second-order valence-electron chi connectivity index (χ2n) is 8.84. The van der Waals surface area contributed by atoms with Crippen LogP contribution in [0.25, 0.3) is 0 Å². The maximum Gasteiger partial charge on any atom is 0.124 e. The molecule has 0 aromatic heterocycles. The van der Waals surface area contributed by atoms with Gasteiger partial charge in [-0.1, -0.05) is 51.1 Å². The molecule has 1 unspecified atom stereocenters. The maximum absolute atomic E-state index is 10.9. The molecule has 4 heteroatoms. The molecule has 4 rings (SSSR count). The first-order chi connectivity index (χ1) is 11.3. The summed E-state index contributed by atoms with van der Waals surface area (Å²) < 4.78 is 12.2. The van der Waals surface area contributed by atoms with Gasteiger partial charge in [-0.15, -0.1) is 0 Å². The standard InChI is InChI=1S/C20H29NO3/c1-19(2,3)15-12-24-20(4)17-14(16(17)18(22)21(15)20)11-23-10-13-8-6-5-7-9-13/h5-9,14-18,22H,10-12H2,1-4H3/t14-,15+,16-,17+,18?,20+/m0/s1. The van der Waals surface area contributed by atoms with Crippen molar-refractivity contribution in [3.05, 3.63) is 35.9 Å². The van der Waals surface area contributed by atoms with Crippen LogP contribution in [-0.2, 0) is 16.1 Å². The molecular formula is C20H29NO3. The van der Waals surface area contributed by atoms with Crippen molar-refractivity contribution in [2.24, 2.45) is 23.2 Å². The monoisotopic (exact) mass is 331 g/mol. The van der Waals surface area contributed by atoms with E-state index in [4.69, 9.17) is 9.47 Å². The van der Waals surface area contributed by atoms with Crippen LogP contribution in [0.1, 0.15) is 33.3 Å². The minimum absolute atomic E-state index is 0.106. The molecular weight excluding hydrogens is 302 g/mol. The van der Waals surface area contributed by atoms with Gasteiger partial charge in [0.05, 0.1) is 19.8 Å². The molecule has 1 N–H and O–H groups in total. The molecule has 2 heterocycles. The van der Waals surface area contributed by atoms with E-state index in [2.05, 4.69) is 44.7 Å². The lowest BCUT2D eigenvalue weighted by molar-refractivity contribution is -0.136. The Morgan fingerprint density at radius 2 is 2.00 bits per heavy atom. The van der Waals surface area contributed by atoms with Gasteiger partial charge in [-0.05, 0) is 23.8 Å². The highest BCUT2D eigenvalue weighted by Crippen LogP contribution is 2.66. The van der Waals surface area contributed by atoms with Crippen LogP contribution in [0.15, 0.2) is 30.3 Å². The van der Waals surface area contributed by atoms with Crippen LogP contribution >= 0.6 is 0 Å². The van der Waals surface area contributed by atoms with Crippen molar-refractivity contribution in [1.29, 1.82) is 0 Å². The summed E-state index contributed by atoms with van der Waals surface area (Å²) in [6, 6.07) is 10.5. The Bertz CT molecular complexity index is 599. The average molecular weight is 331 g/mol. The molecule has 1 aliphatic carbocycles. The molecule has 2 aliphatic heterocycles. The lowest BCUT2D eigenvalue weighted by atomic mass is 9.86. The lowest BCUT2D eigenvalue weighted by Crippen LogP contribution is -2.53. The summed E-state index contributed by atoms with van der Waals surface area (Å²) in [7, 11) is 0. The molecule has 2 saturated heterocycles. The lowest BCUT2D eigenvalue weighted by Gasteiger charge is -2.40. The number of fused-ring (bicyclic) bond motifs is 3. The van der Waals surface area contributed by atoms with Gasteiger partial charge >= 0.3 is 0 Å². The molecule has 1 saturated carbocycles. The third kappa shape index (κ3) is 2.43. The van der Waals surface area contributed by atoms with Gasteiger partial charge < -0.3 is 14.6 Å². The van der Waals surface area contributed by atoms with Crippen molar-refractivity contribution >= 4 is 0 Å². The molecule has 0 bridgehead atoms. The number of hydrogen-bond acceptors (Lipinski definition) is 4. The fourth-order valence-electron chi connectivity index (χ4n) is 4.94. The number of ether oxygens (including phenoxy) is 2. The minimum atomic E-state index is -0.406. The number of rotatable bonds is 4. The summed E-state index contributed by atoms with van der Waals surface area (Å²) in [4.78, 5) is 2.23. The molecule has 3 fully saturated rings. The predicted molar refractivity (Wildman–Crippen MR) is 92.0 cm³/mol. The van der Waals surface area contributed by atoms with Gasteiger partial charge in [0.15, 0.2) is 0 Å². The van der Waals surface area contributed by atoms with Gasteiger partial charge in [-0.25, -0.2) is 4.90 Å². The molecule has 0 radical (unpaired) electrons. The number of nitrogens with zero attached hydrogens (tertiary/aromatic N) is 1. The van der Waals surface area contributed by atoms with E-state index in [1.54, 1.807) is 0 Å². The highest BCUT2D eigenvalue weighted by atomic mass is 16.5. The quantitative estimate of drug-likeness (QED) is 0.921. The SMILES string of the molecule is CC(C)(C)[C@H]1CO[C@]2(C)[C@@H]3[C@@H](COCc4ccccc4)[C@@H]3C(O)N12. The summed E-state index contributed by atoms with van der Waals surface area (Å²) in [5.41, 5.74) is 0.971. The zero-order valence-corrected chi connectivity index (χ0v) is 15.1. The van der Waals surface area contributed by atoms with Crippen molar-refractivity contribution in [3.8, 4) is 0 Å². The van der Waals surface area contributed by atoms with Crippen LogP contribution in [0.5, 0.6) is 0 Å². The number of aliphatic hydroxyl groups is 1. The third-order valence-corrected chi connectivity index (χ3v) is 6.28. The molecule has 1 aromatic rings. The van der Waals surface area contributed by atoms with Gasteiger partial charge in [-0.2, -0.15) is 0 Å². The third-order valence-electron chi connectivity index (χ3n) is 6.28. The highest BCUT2D eigenvalue weighted by molar-refractivity contribution is 5.19. The first kappa shape index (κ1) is 16.5. The summed E-state index contributed by atoms with van der Waals surface area (Å²) in [5, 5.41) is 10.9. The molecule has 0 spiro atoms. The van der Waals surface area contributed by atoms with E-state index >= 15 is 0 Å². The number of hydrogen-bond donors (Lipinski definition) is 1. The van der Waals surface area contributed by atoms with Crippen molar-refractivity contribution in [3.63, 3.8) is 0 Å². The molecule has 0 amide bonds. The second-order valence-corrected chi connectivity index (χ2v) is 8.84. The van der Waals surface area contributed by atoms with E-state index in [0.717, 1.165) is 0 Å². The van der Waals surface area contributed by atoms with Crippen molar-refractivity contribution in [1.82, 2.24) is 4.90 Å². The van der Waals surface area contributed by atoms with Gasteiger partial charge in [0, 0.05) is 17.9 Å². The second kappa shape index (κ2) is 5.53. The summed E-state index contributed by atoms with van der Waals surface area (Å²) in [6.45, 7) is 10.9. The zero-order chi connectivity index (χ0) is 17.1. The van der Waals surface area contributed by atoms with Crippen LogP contribution in [0.2, 0.25) is 0 Å². The van der Waals surface area contributed by atoms with Crippen LogP contribution in [0.4, 0.5) is 0 Å². The molecule has 4 nitrogen and oxygen atoms in total. The Labute approximate surface area is 144 Å². The number of piperidine rings is 1. The maximum atomic E-state index is 10.9. The van der Waals surface area contributed by atoms with E-state index in [0.29, 0.717) is 31.7 Å². The van der Waals surface area contributed by atoms with E-state index in [-0.39, 0.29) is 23.1 Å². The highest BCUT2D eigenvalue weighted by Gasteiger charge is 2.75. The van der Waals surface area contributed by atoms with E-state index in [1.807, 2.05) is 18.2 Å². The van der Waals surface area contributed by atoms with E-state index < -0.39 is 6.23 Å². The van der Waals surface area contributed by atoms with E-state index in [1.165, 1.54) is 5.56 Å². The fourth-order valence-corrected chi connectivity index (χ4v) is 4.94. The molecule has 24 heavy (non-hydrogen) atoms. The average Bonchev–Trinajstić information content (AvgIpc) is 3.06. The molecule has 1 aromatic carbocycles. The Morgan fingerprint density at radius 1 is 1.29 bits per heavy atom. The van der Waals surface area contributed by atoms with Gasteiger partial charge in [0.1, 0.15) is 12.0 Å². The van der Waals surface area contributed by atoms with Gasteiger partial charge in [0.25, 0.3) is 0 Å². The van der Waals surface area contributed by atoms with Crippen LogP contribution in [-0.4, -0.2) is 41.2 Å². The molecule has 132 valence electrons. The van der Waals surface area contributed by atoms with Gasteiger partial charge in [0.2, 0.25) is 0 Å². The Hall–Kier alpha value is -0.940. The van der Waals surface area contributed by atoms with Crippen molar-refractivity contribution < 1.29 is 14.6 Å². The topological polar surface area (TPSA) is 41.9 Å². The Kier molecular flexibility index (Phi) is 3.81. The zero-order valence-electron chi connectivity index (χ0n) is 15.1. The first-order valence-electron chi connectivity index (χ1n) is 9.06. The number of aliphatic hydroxyl groups excluding tert-OH is 1. The van der Waals surface area contributed by atoms with Gasteiger partial charge in [-0.3, -0.25) is 0 Å². The summed E-state index contributed by atoms with van der Waals surface area (Å²) in [6.07, 6.45) is -0.406. The smallest absolute Gasteiger partial charge is 0.124 e. The van der Waals surface area contributed by atoms with Crippen LogP contribution < -0.4 is 0 Å². The normalized spacial score (nSPS) is 41.3. The fraction of sp³-hybridized carbons (Fsp3) is 0.700. The van der Waals surface area contributed by atoms with Crippen LogP contribution in [0.3, 0.4) is 0 Å². The summed E-state index contributed by atoms with van der Waals surface area (Å²) >= 11 is 0. The summed E-state index contributed by atoms with van der Waals surface area (Å²) in [5.74, 6) is 1.08. The Morgan fingerprint density at radius 3 is 2.67 bits per heavy atom. The van der Waals surface area contributed by atoms with Crippen LogP contribution in [0, 0.1) is 23.2 Å².